The Morgan fingerprint density at radius 1 is 1.04 bits per heavy atom. The van der Waals surface area contributed by atoms with Crippen LogP contribution in [-0.4, -0.2) is 33.1 Å². The lowest BCUT2D eigenvalue weighted by atomic mass is 9.95. The summed E-state index contributed by atoms with van der Waals surface area (Å²) in [6.07, 6.45) is 3.48. The van der Waals surface area contributed by atoms with Crippen LogP contribution in [0.25, 0.3) is 0 Å². The minimum atomic E-state index is -0.183. The summed E-state index contributed by atoms with van der Waals surface area (Å²) in [6.45, 7) is 9.12. The van der Waals surface area contributed by atoms with Crippen LogP contribution in [0.5, 0.6) is 0 Å². The molecular formula is C19H29N3O. The third kappa shape index (κ3) is 4.35. The standard InChI is InChI=1S/C17H23N3O.C2H6/c1-13-10-16(21)11-14(2)20(13)17-8-9-19(18-17)12-15-6-4-3-5-7-15;1-2/h3-9,13-14,16,21H,10-12H2,1-2H3;1-2H3. The summed E-state index contributed by atoms with van der Waals surface area (Å²) in [6, 6.07) is 13.1. The quantitative estimate of drug-likeness (QED) is 0.939. The molecule has 2 unspecified atom stereocenters. The first kappa shape index (κ1) is 17.5. The van der Waals surface area contributed by atoms with E-state index in [0.29, 0.717) is 12.1 Å². The zero-order valence-corrected chi connectivity index (χ0v) is 14.7. The maximum atomic E-state index is 9.86. The number of aromatic nitrogens is 2. The molecule has 3 rings (SSSR count). The first-order chi connectivity index (χ1) is 11.1. The van der Waals surface area contributed by atoms with Crippen LogP contribution in [0.4, 0.5) is 5.82 Å². The van der Waals surface area contributed by atoms with E-state index in [4.69, 9.17) is 5.10 Å². The van der Waals surface area contributed by atoms with E-state index in [1.165, 1.54) is 5.56 Å². The molecule has 1 N–H and O–H groups in total. The molecule has 1 fully saturated rings. The molecule has 2 heterocycles. The molecule has 1 aliphatic rings. The monoisotopic (exact) mass is 315 g/mol. The van der Waals surface area contributed by atoms with E-state index < -0.39 is 0 Å². The van der Waals surface area contributed by atoms with Crippen LogP contribution in [0.2, 0.25) is 0 Å². The topological polar surface area (TPSA) is 41.3 Å². The smallest absolute Gasteiger partial charge is 0.151 e. The number of benzene rings is 1. The number of anilines is 1. The highest BCUT2D eigenvalue weighted by Gasteiger charge is 2.31. The summed E-state index contributed by atoms with van der Waals surface area (Å²) in [5.41, 5.74) is 1.25. The summed E-state index contributed by atoms with van der Waals surface area (Å²) in [5.74, 6) is 1.01. The van der Waals surface area contributed by atoms with E-state index in [1.54, 1.807) is 0 Å². The number of hydrogen-bond donors (Lipinski definition) is 1. The molecular weight excluding hydrogens is 286 g/mol. The number of nitrogens with zero attached hydrogens (tertiary/aromatic N) is 3. The van der Waals surface area contributed by atoms with Crippen molar-refractivity contribution in [1.29, 1.82) is 0 Å². The molecule has 0 bridgehead atoms. The van der Waals surface area contributed by atoms with Crippen molar-refractivity contribution in [3.05, 3.63) is 48.2 Å². The second-order valence-electron chi connectivity index (χ2n) is 6.09. The van der Waals surface area contributed by atoms with Crippen molar-refractivity contribution in [2.75, 3.05) is 4.90 Å². The lowest BCUT2D eigenvalue weighted by Gasteiger charge is -2.41. The summed E-state index contributed by atoms with van der Waals surface area (Å²) in [5, 5.41) is 14.6. The zero-order valence-electron chi connectivity index (χ0n) is 14.7. The minimum absolute atomic E-state index is 0.183. The van der Waals surface area contributed by atoms with Crippen LogP contribution in [-0.2, 0) is 6.54 Å². The van der Waals surface area contributed by atoms with Gasteiger partial charge in [0.15, 0.2) is 5.82 Å². The Morgan fingerprint density at radius 3 is 2.26 bits per heavy atom. The van der Waals surface area contributed by atoms with Gasteiger partial charge in [-0.05, 0) is 32.3 Å². The second kappa shape index (κ2) is 8.16. The molecule has 1 aromatic carbocycles. The molecule has 0 aliphatic carbocycles. The summed E-state index contributed by atoms with van der Waals surface area (Å²) in [4.78, 5) is 2.33. The molecule has 1 aromatic heterocycles. The van der Waals surface area contributed by atoms with Crippen LogP contribution in [0.3, 0.4) is 0 Å². The fourth-order valence-electron chi connectivity index (χ4n) is 3.34. The Labute approximate surface area is 139 Å². The van der Waals surface area contributed by atoms with Gasteiger partial charge in [0.2, 0.25) is 0 Å². The SMILES string of the molecule is CC.CC1CC(O)CC(C)N1c1ccn(Cc2ccccc2)n1. The normalized spacial score (nSPS) is 24.0. The molecule has 1 aliphatic heterocycles. The summed E-state index contributed by atoms with van der Waals surface area (Å²) >= 11 is 0. The van der Waals surface area contributed by atoms with Crippen molar-refractivity contribution in [3.63, 3.8) is 0 Å². The molecule has 0 amide bonds. The van der Waals surface area contributed by atoms with Gasteiger partial charge in [0, 0.05) is 24.3 Å². The molecule has 23 heavy (non-hydrogen) atoms. The van der Waals surface area contributed by atoms with Crippen molar-refractivity contribution in [3.8, 4) is 0 Å². The van der Waals surface area contributed by atoms with Gasteiger partial charge >= 0.3 is 0 Å². The number of aliphatic hydroxyl groups excluding tert-OH is 1. The first-order valence-corrected chi connectivity index (χ1v) is 8.67. The Bertz CT molecular complexity index is 569. The average molecular weight is 315 g/mol. The summed E-state index contributed by atoms with van der Waals surface area (Å²) in [7, 11) is 0. The largest absolute Gasteiger partial charge is 0.393 e. The third-order valence-corrected chi connectivity index (χ3v) is 4.25. The van der Waals surface area contributed by atoms with Crippen molar-refractivity contribution >= 4 is 5.82 Å². The van der Waals surface area contributed by atoms with Gasteiger partial charge in [-0.1, -0.05) is 44.2 Å². The molecule has 4 heteroatoms. The Balaban J connectivity index is 0.000000924. The van der Waals surface area contributed by atoms with Gasteiger partial charge in [-0.15, -0.1) is 0 Å². The van der Waals surface area contributed by atoms with Crippen molar-refractivity contribution in [2.45, 2.75) is 65.3 Å². The Hall–Kier alpha value is -1.81. The lowest BCUT2D eigenvalue weighted by molar-refractivity contribution is 0.116. The van der Waals surface area contributed by atoms with E-state index in [0.717, 1.165) is 25.2 Å². The Kier molecular flexibility index (Phi) is 6.22. The number of hydrogen-bond acceptors (Lipinski definition) is 3. The van der Waals surface area contributed by atoms with Crippen LogP contribution in [0.15, 0.2) is 42.6 Å². The zero-order chi connectivity index (χ0) is 16.8. The molecule has 0 saturated carbocycles. The molecule has 0 spiro atoms. The van der Waals surface area contributed by atoms with Gasteiger partial charge in [0.05, 0.1) is 12.6 Å². The first-order valence-electron chi connectivity index (χ1n) is 8.67. The number of rotatable bonds is 3. The molecule has 0 radical (unpaired) electrons. The van der Waals surface area contributed by atoms with E-state index >= 15 is 0 Å². The minimum Gasteiger partial charge on any atom is -0.393 e. The predicted octanol–water partition coefficient (Wildman–Crippen LogP) is 3.70. The predicted molar refractivity (Wildman–Crippen MR) is 95.8 cm³/mol. The highest BCUT2D eigenvalue weighted by atomic mass is 16.3. The number of aliphatic hydroxyl groups is 1. The van der Waals surface area contributed by atoms with Gasteiger partial charge in [-0.2, -0.15) is 5.10 Å². The third-order valence-electron chi connectivity index (χ3n) is 4.25. The van der Waals surface area contributed by atoms with Crippen LogP contribution >= 0.6 is 0 Å². The number of piperidine rings is 1. The van der Waals surface area contributed by atoms with Gasteiger partial charge in [0.1, 0.15) is 0 Å². The van der Waals surface area contributed by atoms with Crippen molar-refractivity contribution in [2.24, 2.45) is 0 Å². The van der Waals surface area contributed by atoms with E-state index in [2.05, 4.69) is 49.1 Å². The van der Waals surface area contributed by atoms with Crippen molar-refractivity contribution in [1.82, 2.24) is 9.78 Å². The van der Waals surface area contributed by atoms with E-state index in [9.17, 15) is 5.11 Å². The van der Waals surface area contributed by atoms with Crippen LogP contribution in [0.1, 0.15) is 46.1 Å². The van der Waals surface area contributed by atoms with Gasteiger partial charge in [0.25, 0.3) is 0 Å². The molecule has 2 atom stereocenters. The van der Waals surface area contributed by atoms with Gasteiger partial charge in [-0.25, -0.2) is 0 Å². The van der Waals surface area contributed by atoms with E-state index in [-0.39, 0.29) is 6.10 Å². The maximum Gasteiger partial charge on any atom is 0.151 e. The summed E-state index contributed by atoms with van der Waals surface area (Å²) < 4.78 is 1.98. The molecule has 126 valence electrons. The lowest BCUT2D eigenvalue weighted by Crippen LogP contribution is -2.48. The fourth-order valence-corrected chi connectivity index (χ4v) is 3.34. The second-order valence-corrected chi connectivity index (χ2v) is 6.09. The average Bonchev–Trinajstić information content (AvgIpc) is 2.97. The van der Waals surface area contributed by atoms with Gasteiger partial charge < -0.3 is 10.0 Å². The molecule has 1 saturated heterocycles. The molecule has 4 nitrogen and oxygen atoms in total. The van der Waals surface area contributed by atoms with Crippen LogP contribution in [0, 0.1) is 0 Å². The Morgan fingerprint density at radius 2 is 1.65 bits per heavy atom. The highest BCUT2D eigenvalue weighted by molar-refractivity contribution is 5.40. The van der Waals surface area contributed by atoms with E-state index in [1.807, 2.05) is 30.8 Å². The van der Waals surface area contributed by atoms with Crippen molar-refractivity contribution < 1.29 is 5.11 Å². The van der Waals surface area contributed by atoms with Gasteiger partial charge in [-0.3, -0.25) is 4.68 Å². The highest BCUT2D eigenvalue weighted by Crippen LogP contribution is 2.28. The maximum absolute atomic E-state index is 9.86. The van der Waals surface area contributed by atoms with Crippen LogP contribution < -0.4 is 4.90 Å². The fraction of sp³-hybridized carbons (Fsp3) is 0.526. The molecule has 2 aromatic rings.